The summed E-state index contributed by atoms with van der Waals surface area (Å²) in [6.45, 7) is 0. The molecule has 7 heteroatoms. The number of thioether (sulfide) groups is 1. The molecule has 0 bridgehead atoms. The van der Waals surface area contributed by atoms with Crippen molar-refractivity contribution in [3.05, 3.63) is 35.4 Å². The minimum Gasteiger partial charge on any atom is -0.374 e. The maximum atomic E-state index is 13.2. The first-order valence-corrected chi connectivity index (χ1v) is 6.11. The van der Waals surface area contributed by atoms with E-state index in [2.05, 4.69) is 10.2 Å². The SMILES string of the molecule is Nc1nnc(SCc2c(F)cccc2F)s1. The van der Waals surface area contributed by atoms with Crippen molar-refractivity contribution in [2.75, 3.05) is 5.73 Å². The first-order chi connectivity index (χ1) is 7.66. The van der Waals surface area contributed by atoms with Gasteiger partial charge in [-0.3, -0.25) is 0 Å². The highest BCUT2D eigenvalue weighted by Gasteiger charge is 2.10. The summed E-state index contributed by atoms with van der Waals surface area (Å²) in [5.41, 5.74) is 5.43. The highest BCUT2D eigenvalue weighted by Crippen LogP contribution is 2.28. The Morgan fingerprint density at radius 1 is 1.25 bits per heavy atom. The van der Waals surface area contributed by atoms with Gasteiger partial charge in [-0.1, -0.05) is 29.2 Å². The molecule has 0 saturated heterocycles. The van der Waals surface area contributed by atoms with Gasteiger partial charge >= 0.3 is 0 Å². The number of rotatable bonds is 3. The van der Waals surface area contributed by atoms with Crippen LogP contribution in [0.1, 0.15) is 5.56 Å². The van der Waals surface area contributed by atoms with Crippen molar-refractivity contribution >= 4 is 28.2 Å². The van der Waals surface area contributed by atoms with Crippen LogP contribution in [0.5, 0.6) is 0 Å². The van der Waals surface area contributed by atoms with Crippen molar-refractivity contribution in [3.63, 3.8) is 0 Å². The van der Waals surface area contributed by atoms with E-state index < -0.39 is 11.6 Å². The van der Waals surface area contributed by atoms with E-state index >= 15 is 0 Å². The summed E-state index contributed by atoms with van der Waals surface area (Å²) in [4.78, 5) is 0. The predicted octanol–water partition coefficient (Wildman–Crippen LogP) is 2.69. The van der Waals surface area contributed by atoms with Crippen LogP contribution in [0.3, 0.4) is 0 Å². The van der Waals surface area contributed by atoms with Gasteiger partial charge in [-0.25, -0.2) is 8.78 Å². The van der Waals surface area contributed by atoms with Crippen LogP contribution in [0.2, 0.25) is 0 Å². The Labute approximate surface area is 98.7 Å². The Morgan fingerprint density at radius 3 is 2.50 bits per heavy atom. The molecule has 2 aromatic rings. The number of anilines is 1. The number of nitrogens with zero attached hydrogens (tertiary/aromatic N) is 2. The fourth-order valence-corrected chi connectivity index (χ4v) is 2.74. The summed E-state index contributed by atoms with van der Waals surface area (Å²) in [5.74, 6) is -0.928. The number of nitrogens with two attached hydrogens (primary N) is 1. The predicted molar refractivity (Wildman–Crippen MR) is 60.2 cm³/mol. The zero-order valence-corrected chi connectivity index (χ0v) is 9.62. The van der Waals surface area contributed by atoms with E-state index in [-0.39, 0.29) is 11.3 Å². The van der Waals surface area contributed by atoms with E-state index in [9.17, 15) is 8.78 Å². The third-order valence-electron chi connectivity index (χ3n) is 1.82. The number of hydrogen-bond donors (Lipinski definition) is 1. The summed E-state index contributed by atoms with van der Waals surface area (Å²) >= 11 is 2.40. The van der Waals surface area contributed by atoms with Gasteiger partial charge in [0.05, 0.1) is 0 Å². The van der Waals surface area contributed by atoms with Crippen LogP contribution in [0, 0.1) is 11.6 Å². The molecule has 0 fully saturated rings. The molecule has 2 rings (SSSR count). The van der Waals surface area contributed by atoms with Gasteiger partial charge in [-0.15, -0.1) is 10.2 Å². The molecule has 2 N–H and O–H groups in total. The summed E-state index contributed by atoms with van der Waals surface area (Å²) in [6, 6.07) is 3.79. The smallest absolute Gasteiger partial charge is 0.203 e. The largest absolute Gasteiger partial charge is 0.374 e. The Balaban J connectivity index is 2.10. The molecule has 84 valence electrons. The molecule has 0 amide bonds. The van der Waals surface area contributed by atoms with Crippen molar-refractivity contribution in [2.45, 2.75) is 10.1 Å². The van der Waals surface area contributed by atoms with Crippen molar-refractivity contribution in [2.24, 2.45) is 0 Å². The molecule has 0 spiro atoms. The van der Waals surface area contributed by atoms with E-state index in [0.29, 0.717) is 9.47 Å². The topological polar surface area (TPSA) is 51.8 Å². The van der Waals surface area contributed by atoms with E-state index in [0.717, 1.165) is 0 Å². The molecule has 16 heavy (non-hydrogen) atoms. The first kappa shape index (κ1) is 11.3. The third kappa shape index (κ3) is 2.48. The van der Waals surface area contributed by atoms with Gasteiger partial charge < -0.3 is 5.73 Å². The number of aromatic nitrogens is 2. The molecule has 0 unspecified atom stereocenters. The second-order valence-corrected chi connectivity index (χ2v) is 5.13. The fraction of sp³-hybridized carbons (Fsp3) is 0.111. The fourth-order valence-electron chi connectivity index (χ4n) is 1.08. The second-order valence-electron chi connectivity index (χ2n) is 2.90. The van der Waals surface area contributed by atoms with Crippen LogP contribution >= 0.6 is 23.1 Å². The average Bonchev–Trinajstić information content (AvgIpc) is 2.63. The summed E-state index contributed by atoms with van der Waals surface area (Å²) in [6.07, 6.45) is 0. The van der Waals surface area contributed by atoms with Gasteiger partial charge in [0.25, 0.3) is 0 Å². The number of halogens is 2. The van der Waals surface area contributed by atoms with Crippen molar-refractivity contribution < 1.29 is 8.78 Å². The lowest BCUT2D eigenvalue weighted by atomic mass is 10.2. The van der Waals surface area contributed by atoms with Crippen molar-refractivity contribution in [3.8, 4) is 0 Å². The van der Waals surface area contributed by atoms with Gasteiger partial charge in [-0.2, -0.15) is 0 Å². The monoisotopic (exact) mass is 259 g/mol. The van der Waals surface area contributed by atoms with Gasteiger partial charge in [-0.05, 0) is 12.1 Å². The van der Waals surface area contributed by atoms with E-state index in [1.54, 1.807) is 0 Å². The van der Waals surface area contributed by atoms with Gasteiger partial charge in [0.2, 0.25) is 5.13 Å². The molecule has 0 aliphatic rings. The number of benzene rings is 1. The van der Waals surface area contributed by atoms with E-state index in [4.69, 9.17) is 5.73 Å². The Bertz CT molecular complexity index is 481. The van der Waals surface area contributed by atoms with Gasteiger partial charge in [0.1, 0.15) is 11.6 Å². The molecule has 0 radical (unpaired) electrons. The molecule has 0 atom stereocenters. The van der Waals surface area contributed by atoms with Crippen molar-refractivity contribution in [1.29, 1.82) is 0 Å². The molecule has 0 aliphatic heterocycles. The number of hydrogen-bond acceptors (Lipinski definition) is 5. The minimum atomic E-state index is -0.551. The normalized spacial score (nSPS) is 10.6. The Hall–Kier alpha value is -1.21. The number of nitrogen functional groups attached to an aromatic ring is 1. The standard InChI is InChI=1S/C9H7F2N3S2/c10-6-2-1-3-7(11)5(6)4-15-9-14-13-8(12)16-9/h1-3H,4H2,(H2,12,13). The average molecular weight is 259 g/mol. The van der Waals surface area contributed by atoms with Crippen LogP contribution in [-0.2, 0) is 5.75 Å². The minimum absolute atomic E-state index is 0.0428. The van der Waals surface area contributed by atoms with Crippen LogP contribution in [0.4, 0.5) is 13.9 Å². The van der Waals surface area contributed by atoms with Crippen molar-refractivity contribution in [1.82, 2.24) is 10.2 Å². The molecule has 0 saturated carbocycles. The second kappa shape index (κ2) is 4.75. The molecule has 1 aromatic carbocycles. The molecule has 0 aliphatic carbocycles. The van der Waals surface area contributed by atoms with E-state index in [1.807, 2.05) is 0 Å². The first-order valence-electron chi connectivity index (χ1n) is 4.31. The molecule has 3 nitrogen and oxygen atoms in total. The lowest BCUT2D eigenvalue weighted by molar-refractivity contribution is 0.566. The molecular formula is C9H7F2N3S2. The van der Waals surface area contributed by atoms with Crippen LogP contribution in [-0.4, -0.2) is 10.2 Å². The molecule has 1 aromatic heterocycles. The quantitative estimate of drug-likeness (QED) is 0.861. The maximum Gasteiger partial charge on any atom is 0.203 e. The van der Waals surface area contributed by atoms with Gasteiger partial charge in [0.15, 0.2) is 4.34 Å². The highest BCUT2D eigenvalue weighted by molar-refractivity contribution is 8.00. The zero-order valence-electron chi connectivity index (χ0n) is 7.98. The summed E-state index contributed by atoms with van der Waals surface area (Å²) in [7, 11) is 0. The lowest BCUT2D eigenvalue weighted by Crippen LogP contribution is -1.92. The Kier molecular flexibility index (Phi) is 3.35. The molecular weight excluding hydrogens is 252 g/mol. The highest BCUT2D eigenvalue weighted by atomic mass is 32.2. The van der Waals surface area contributed by atoms with Crippen LogP contribution in [0.15, 0.2) is 22.5 Å². The van der Waals surface area contributed by atoms with Crippen LogP contribution in [0.25, 0.3) is 0 Å². The third-order valence-corrected chi connectivity index (χ3v) is 3.74. The zero-order chi connectivity index (χ0) is 11.5. The molecule has 1 heterocycles. The maximum absolute atomic E-state index is 13.2. The Morgan fingerprint density at radius 2 is 1.94 bits per heavy atom. The van der Waals surface area contributed by atoms with Gasteiger partial charge in [0, 0.05) is 11.3 Å². The lowest BCUT2D eigenvalue weighted by Gasteiger charge is -2.01. The summed E-state index contributed by atoms with van der Waals surface area (Å²) in [5, 5.41) is 7.71. The summed E-state index contributed by atoms with van der Waals surface area (Å²) < 4.78 is 27.1. The van der Waals surface area contributed by atoms with E-state index in [1.165, 1.54) is 41.3 Å². The van der Waals surface area contributed by atoms with Crippen LogP contribution < -0.4 is 5.73 Å².